The highest BCUT2D eigenvalue weighted by Gasteiger charge is 2.34. The fraction of sp³-hybridized carbons (Fsp3) is 0.395. The van der Waals surface area contributed by atoms with Gasteiger partial charge in [0, 0.05) is 36.2 Å². The fourth-order valence-corrected chi connectivity index (χ4v) is 6.74. The number of fused-ring (bicyclic) bond motifs is 1. The number of hydrogen-bond acceptors (Lipinski definition) is 11. The quantitative estimate of drug-likeness (QED) is 0.205. The number of piperidine rings is 1. The number of benzene rings is 3. The van der Waals surface area contributed by atoms with E-state index >= 15 is 0 Å². The number of rotatable bonds is 11. The van der Waals surface area contributed by atoms with Gasteiger partial charge in [0.2, 0.25) is 11.7 Å². The largest absolute Gasteiger partial charge is 0.493 e. The van der Waals surface area contributed by atoms with Gasteiger partial charge in [-0.3, -0.25) is 9.69 Å². The molecule has 0 radical (unpaired) electrons. The van der Waals surface area contributed by atoms with Crippen LogP contribution in [0.1, 0.15) is 51.9 Å². The highest BCUT2D eigenvalue weighted by Crippen LogP contribution is 2.40. The molecule has 0 spiro atoms. The van der Waals surface area contributed by atoms with E-state index in [1.165, 1.54) is 18.4 Å². The molecule has 1 saturated heterocycles. The summed E-state index contributed by atoms with van der Waals surface area (Å²) in [4.78, 5) is 23.4. The molecule has 0 amide bonds. The molecule has 4 aromatic rings. The van der Waals surface area contributed by atoms with Crippen molar-refractivity contribution < 1.29 is 28.5 Å². The van der Waals surface area contributed by atoms with Crippen LogP contribution in [0.4, 0.5) is 11.8 Å². The maximum atomic E-state index is 12.9. The Balaban J connectivity index is 0.000000200. The van der Waals surface area contributed by atoms with Gasteiger partial charge in [-0.05, 0) is 85.6 Å². The number of hydrogen-bond donors (Lipinski definition) is 2. The Morgan fingerprint density at radius 2 is 1.43 bits per heavy atom. The van der Waals surface area contributed by atoms with Crippen LogP contribution >= 0.6 is 0 Å². The molecule has 2 aliphatic rings. The van der Waals surface area contributed by atoms with Crippen LogP contribution in [0.3, 0.4) is 0 Å². The molecule has 6 rings (SSSR count). The zero-order valence-electron chi connectivity index (χ0n) is 29.0. The van der Waals surface area contributed by atoms with Crippen LogP contribution in [-0.2, 0) is 19.4 Å². The number of likely N-dealkylation sites (tertiary alicyclic amines) is 1. The standard InChI is InChI=1S/C24H29NO3.C14H18N4O3/c1-27-22-14-19-13-20(24(26)21(19)15-23(22)28-2)12-17-8-10-25(11-9-17)16-18-6-4-3-5-7-18;1-19-10-5-8(6-11(20-2)12(10)21-3)4-9-7-17-14(16)18-13(9)15/h3-7,14-15,17,20H,8-13,16H2,1-2H3;5-7H,4H2,1-3H3,(H4,15,16,17,18). The van der Waals surface area contributed by atoms with Gasteiger partial charge in [-0.1, -0.05) is 30.3 Å². The molecule has 1 fully saturated rings. The summed E-state index contributed by atoms with van der Waals surface area (Å²) in [6.07, 6.45) is 6.33. The van der Waals surface area contributed by atoms with Crippen molar-refractivity contribution >= 4 is 17.5 Å². The third kappa shape index (κ3) is 8.53. The Morgan fingerprint density at radius 1 is 0.796 bits per heavy atom. The monoisotopic (exact) mass is 669 g/mol. The van der Waals surface area contributed by atoms with Gasteiger partial charge in [0.05, 0.1) is 35.5 Å². The zero-order chi connectivity index (χ0) is 34.9. The molecule has 2 heterocycles. The first kappa shape index (κ1) is 35.3. The van der Waals surface area contributed by atoms with Crippen molar-refractivity contribution in [3.05, 3.63) is 88.6 Å². The third-order valence-corrected chi connectivity index (χ3v) is 9.32. The maximum Gasteiger partial charge on any atom is 0.221 e. The van der Waals surface area contributed by atoms with E-state index in [9.17, 15) is 4.79 Å². The molecule has 4 N–H and O–H groups in total. The topological polar surface area (TPSA) is 144 Å². The van der Waals surface area contributed by atoms with Crippen LogP contribution in [-0.4, -0.2) is 69.3 Å². The van der Waals surface area contributed by atoms with Crippen molar-refractivity contribution in [3.8, 4) is 28.7 Å². The molecule has 3 aromatic carbocycles. The van der Waals surface area contributed by atoms with Gasteiger partial charge in [0.25, 0.3) is 0 Å². The lowest BCUT2D eigenvalue weighted by Crippen LogP contribution is -2.34. The van der Waals surface area contributed by atoms with E-state index < -0.39 is 0 Å². The summed E-state index contributed by atoms with van der Waals surface area (Å²) in [5.41, 5.74) is 16.4. The molecule has 11 nitrogen and oxygen atoms in total. The number of ether oxygens (including phenoxy) is 5. The van der Waals surface area contributed by atoms with E-state index in [0.29, 0.717) is 46.9 Å². The number of nitrogen functional groups attached to an aromatic ring is 2. The summed E-state index contributed by atoms with van der Waals surface area (Å²) < 4.78 is 26.7. The molecule has 1 atom stereocenters. The Hall–Kier alpha value is -5.03. The lowest BCUT2D eigenvalue weighted by Gasteiger charge is -2.32. The Kier molecular flexibility index (Phi) is 11.8. The zero-order valence-corrected chi connectivity index (χ0v) is 29.0. The number of aromatic nitrogens is 2. The minimum absolute atomic E-state index is 0.109. The van der Waals surface area contributed by atoms with Crippen LogP contribution in [0, 0.1) is 11.8 Å². The summed E-state index contributed by atoms with van der Waals surface area (Å²) in [7, 11) is 7.96. The lowest BCUT2D eigenvalue weighted by atomic mass is 9.85. The number of methoxy groups -OCH3 is 5. The van der Waals surface area contributed by atoms with Gasteiger partial charge in [-0.2, -0.15) is 4.98 Å². The van der Waals surface area contributed by atoms with E-state index in [-0.39, 0.29) is 17.6 Å². The SMILES string of the molecule is COc1cc(Cc2cnc(N)nc2N)cc(OC)c1OC.COc1cc2c(cc1OC)C(=O)C(CC1CCN(Cc3ccccc3)CC1)C2. The molecular weight excluding hydrogens is 622 g/mol. The van der Waals surface area contributed by atoms with E-state index in [1.807, 2.05) is 24.3 Å². The van der Waals surface area contributed by atoms with E-state index in [0.717, 1.165) is 54.7 Å². The molecule has 11 heteroatoms. The number of nitrogens with two attached hydrogens (primary N) is 2. The van der Waals surface area contributed by atoms with E-state index in [4.69, 9.17) is 35.2 Å². The van der Waals surface area contributed by atoms with Crippen molar-refractivity contribution in [2.24, 2.45) is 11.8 Å². The van der Waals surface area contributed by atoms with E-state index in [2.05, 4.69) is 45.2 Å². The second-order valence-corrected chi connectivity index (χ2v) is 12.4. The molecule has 0 saturated carbocycles. The van der Waals surface area contributed by atoms with Gasteiger partial charge in [-0.15, -0.1) is 0 Å². The third-order valence-electron chi connectivity index (χ3n) is 9.32. The average Bonchev–Trinajstić information content (AvgIpc) is 3.42. The molecular formula is C38H47N5O6. The Morgan fingerprint density at radius 3 is 2.02 bits per heavy atom. The van der Waals surface area contributed by atoms with Gasteiger partial charge < -0.3 is 35.2 Å². The highest BCUT2D eigenvalue weighted by molar-refractivity contribution is 6.02. The maximum absolute atomic E-state index is 12.9. The first-order valence-corrected chi connectivity index (χ1v) is 16.5. The molecule has 1 unspecified atom stereocenters. The predicted molar refractivity (Wildman–Crippen MR) is 190 cm³/mol. The molecule has 0 bridgehead atoms. The first-order chi connectivity index (χ1) is 23.8. The van der Waals surface area contributed by atoms with Crippen LogP contribution < -0.4 is 35.2 Å². The number of anilines is 2. The smallest absolute Gasteiger partial charge is 0.221 e. The Labute approximate surface area is 288 Å². The number of ketones is 1. The average molecular weight is 670 g/mol. The minimum Gasteiger partial charge on any atom is -0.493 e. The predicted octanol–water partition coefficient (Wildman–Crippen LogP) is 5.62. The fourth-order valence-electron chi connectivity index (χ4n) is 6.74. The van der Waals surface area contributed by atoms with Gasteiger partial charge in [0.1, 0.15) is 5.82 Å². The first-order valence-electron chi connectivity index (χ1n) is 16.5. The second kappa shape index (κ2) is 16.4. The molecule has 1 aromatic heterocycles. The summed E-state index contributed by atoms with van der Waals surface area (Å²) in [6, 6.07) is 18.2. The van der Waals surface area contributed by atoms with Crippen molar-refractivity contribution in [2.45, 2.75) is 38.6 Å². The lowest BCUT2D eigenvalue weighted by molar-refractivity contribution is 0.0895. The highest BCUT2D eigenvalue weighted by atomic mass is 16.5. The van der Waals surface area contributed by atoms with Gasteiger partial charge in [-0.25, -0.2) is 4.98 Å². The van der Waals surface area contributed by atoms with Crippen molar-refractivity contribution in [2.75, 3.05) is 60.1 Å². The number of nitrogens with zero attached hydrogens (tertiary/aromatic N) is 3. The molecule has 1 aliphatic carbocycles. The van der Waals surface area contributed by atoms with Crippen molar-refractivity contribution in [1.82, 2.24) is 14.9 Å². The molecule has 49 heavy (non-hydrogen) atoms. The molecule has 1 aliphatic heterocycles. The van der Waals surface area contributed by atoms with Crippen molar-refractivity contribution in [1.29, 1.82) is 0 Å². The summed E-state index contributed by atoms with van der Waals surface area (Å²) in [5.74, 6) is 4.61. The van der Waals surface area contributed by atoms with Crippen LogP contribution in [0.15, 0.2) is 60.8 Å². The Bertz CT molecular complexity index is 1700. The van der Waals surface area contributed by atoms with E-state index in [1.54, 1.807) is 41.7 Å². The number of carbonyl (C=O) groups is 1. The van der Waals surface area contributed by atoms with Crippen LogP contribution in [0.5, 0.6) is 28.7 Å². The summed E-state index contributed by atoms with van der Waals surface area (Å²) >= 11 is 0. The minimum atomic E-state index is 0.109. The number of carbonyl (C=O) groups excluding carboxylic acids is 1. The molecule has 260 valence electrons. The van der Waals surface area contributed by atoms with Crippen LogP contribution in [0.2, 0.25) is 0 Å². The summed E-state index contributed by atoms with van der Waals surface area (Å²) in [6.45, 7) is 3.27. The normalized spacial score (nSPS) is 15.9. The van der Waals surface area contributed by atoms with Crippen molar-refractivity contribution in [3.63, 3.8) is 0 Å². The summed E-state index contributed by atoms with van der Waals surface area (Å²) in [5, 5.41) is 0. The van der Waals surface area contributed by atoms with Gasteiger partial charge >= 0.3 is 0 Å². The van der Waals surface area contributed by atoms with Crippen LogP contribution in [0.25, 0.3) is 0 Å². The van der Waals surface area contributed by atoms with Gasteiger partial charge in [0.15, 0.2) is 28.8 Å². The second-order valence-electron chi connectivity index (χ2n) is 12.4. The number of Topliss-reactive ketones (excluding diaryl/α,β-unsaturated/α-hetero) is 1.